The van der Waals surface area contributed by atoms with Crippen molar-refractivity contribution in [1.82, 2.24) is 0 Å². The molecule has 0 aliphatic heterocycles. The van der Waals surface area contributed by atoms with Crippen LogP contribution in [0.1, 0.15) is 5.56 Å². The van der Waals surface area contributed by atoms with E-state index in [2.05, 4.69) is 0 Å². The van der Waals surface area contributed by atoms with Crippen LogP contribution in [0, 0.1) is 5.82 Å². The second-order valence-electron chi connectivity index (χ2n) is 4.67. The van der Waals surface area contributed by atoms with Crippen molar-refractivity contribution in [2.24, 2.45) is 5.14 Å². The quantitative estimate of drug-likeness (QED) is 0.818. The minimum absolute atomic E-state index is 0.421. The molecule has 2 aromatic rings. The normalized spacial score (nSPS) is 12.5. The fraction of sp³-hybridized carbons (Fsp3) is 0. The molecule has 6 nitrogen and oxygen atoms in total. The summed E-state index contributed by atoms with van der Waals surface area (Å²) in [6.07, 6.45) is 1.25. The molecule has 0 spiro atoms. The summed E-state index contributed by atoms with van der Waals surface area (Å²) in [5.41, 5.74) is 0.0343. The molecule has 2 aromatic carbocycles. The molecule has 0 fully saturated rings. The predicted octanol–water partition coefficient (Wildman–Crippen LogP) is 2.54. The molecule has 0 bridgehead atoms. The number of hydrogen-bond donors (Lipinski definition) is 2. The van der Waals surface area contributed by atoms with Gasteiger partial charge in [0.1, 0.15) is 10.7 Å². The van der Waals surface area contributed by atoms with Crippen LogP contribution in [-0.4, -0.2) is 16.8 Å². The van der Waals surface area contributed by atoms with Gasteiger partial charge < -0.3 is 0 Å². The molecule has 0 amide bonds. The SMILES string of the molecule is NS(=O)(=O)c1c(F)cccc1NS(=O)(=O)/C=C/c1cccc(Cl)c1. The number of nitrogens with one attached hydrogen (secondary N) is 1. The van der Waals surface area contributed by atoms with E-state index in [-0.39, 0.29) is 0 Å². The van der Waals surface area contributed by atoms with Gasteiger partial charge in [-0.3, -0.25) is 4.72 Å². The molecule has 0 unspecified atom stereocenters. The molecule has 128 valence electrons. The third kappa shape index (κ3) is 4.78. The van der Waals surface area contributed by atoms with E-state index in [0.29, 0.717) is 10.6 Å². The second-order valence-corrected chi connectivity index (χ2v) is 8.17. The molecule has 3 N–H and O–H groups in total. The van der Waals surface area contributed by atoms with Crippen LogP contribution in [0.5, 0.6) is 0 Å². The van der Waals surface area contributed by atoms with Crippen molar-refractivity contribution >= 4 is 43.4 Å². The van der Waals surface area contributed by atoms with Crippen LogP contribution in [0.2, 0.25) is 5.02 Å². The number of primary sulfonamides is 1. The number of anilines is 1. The number of halogens is 2. The highest BCUT2D eigenvalue weighted by atomic mass is 35.5. The summed E-state index contributed by atoms with van der Waals surface area (Å²) >= 11 is 5.79. The maximum atomic E-state index is 13.7. The van der Waals surface area contributed by atoms with Crippen LogP contribution < -0.4 is 9.86 Å². The lowest BCUT2D eigenvalue weighted by Crippen LogP contribution is -2.19. The molecular formula is C14H12ClFN2O4S2. The van der Waals surface area contributed by atoms with Gasteiger partial charge in [-0.2, -0.15) is 0 Å². The zero-order chi connectivity index (χ0) is 18.0. The van der Waals surface area contributed by atoms with E-state index in [4.69, 9.17) is 16.7 Å². The van der Waals surface area contributed by atoms with Crippen LogP contribution >= 0.6 is 11.6 Å². The van der Waals surface area contributed by atoms with Gasteiger partial charge in [0.25, 0.3) is 10.0 Å². The summed E-state index contributed by atoms with van der Waals surface area (Å²) in [5.74, 6) is -1.16. The Hall–Kier alpha value is -1.94. The Kier molecular flexibility index (Phi) is 5.29. The van der Waals surface area contributed by atoms with E-state index < -0.39 is 36.4 Å². The first kappa shape index (κ1) is 18.4. The highest BCUT2D eigenvalue weighted by Crippen LogP contribution is 2.24. The summed E-state index contributed by atoms with van der Waals surface area (Å²) in [6.45, 7) is 0. The minimum Gasteiger partial charge on any atom is -0.279 e. The fourth-order valence-electron chi connectivity index (χ4n) is 1.84. The number of benzene rings is 2. The van der Waals surface area contributed by atoms with Gasteiger partial charge >= 0.3 is 0 Å². The highest BCUT2D eigenvalue weighted by Gasteiger charge is 2.21. The Morgan fingerprint density at radius 2 is 1.75 bits per heavy atom. The van der Waals surface area contributed by atoms with Gasteiger partial charge in [-0.05, 0) is 35.9 Å². The molecule has 2 rings (SSSR count). The standard InChI is InChI=1S/C14H12ClFN2O4S2/c15-11-4-1-3-10(9-11)7-8-23(19,20)18-13-6-2-5-12(16)14(13)24(17,21)22/h1-9,18H,(H2,17,21,22)/b8-7+. The second kappa shape index (κ2) is 6.89. The van der Waals surface area contributed by atoms with E-state index in [0.717, 1.165) is 23.6 Å². The lowest BCUT2D eigenvalue weighted by Gasteiger charge is -2.10. The Labute approximate surface area is 143 Å². The zero-order valence-electron chi connectivity index (χ0n) is 12.0. The molecule has 0 aromatic heterocycles. The monoisotopic (exact) mass is 390 g/mol. The first-order valence-electron chi connectivity index (χ1n) is 6.36. The minimum atomic E-state index is -4.45. The highest BCUT2D eigenvalue weighted by molar-refractivity contribution is 7.95. The van der Waals surface area contributed by atoms with E-state index >= 15 is 0 Å². The Balaban J connectivity index is 2.36. The molecule has 10 heteroatoms. The molecule has 0 atom stereocenters. The Bertz CT molecular complexity index is 1010. The summed E-state index contributed by atoms with van der Waals surface area (Å²) in [7, 11) is -8.56. The van der Waals surface area contributed by atoms with Crippen molar-refractivity contribution in [3.8, 4) is 0 Å². The molecule has 0 radical (unpaired) electrons. The largest absolute Gasteiger partial charge is 0.279 e. The van der Waals surface area contributed by atoms with Crippen molar-refractivity contribution in [3.05, 3.63) is 64.3 Å². The molecule has 0 aliphatic carbocycles. The lowest BCUT2D eigenvalue weighted by molar-refractivity contribution is 0.569. The maximum absolute atomic E-state index is 13.7. The molecule has 0 heterocycles. The number of rotatable bonds is 5. The van der Waals surface area contributed by atoms with Crippen LogP contribution in [0.4, 0.5) is 10.1 Å². The zero-order valence-corrected chi connectivity index (χ0v) is 14.4. The van der Waals surface area contributed by atoms with Crippen LogP contribution in [0.25, 0.3) is 6.08 Å². The number of sulfonamides is 2. The van der Waals surface area contributed by atoms with E-state index in [9.17, 15) is 21.2 Å². The number of hydrogen-bond acceptors (Lipinski definition) is 4. The predicted molar refractivity (Wildman–Crippen MR) is 90.8 cm³/mol. The molecule has 24 heavy (non-hydrogen) atoms. The van der Waals surface area contributed by atoms with Gasteiger partial charge in [0, 0.05) is 5.02 Å². The molecule has 0 aliphatic rings. The molecular weight excluding hydrogens is 379 g/mol. The van der Waals surface area contributed by atoms with E-state index in [1.807, 2.05) is 4.72 Å². The topological polar surface area (TPSA) is 106 Å². The van der Waals surface area contributed by atoms with Gasteiger partial charge in [-0.1, -0.05) is 29.8 Å². The molecule has 0 saturated heterocycles. The first-order valence-corrected chi connectivity index (χ1v) is 9.83. The van der Waals surface area contributed by atoms with Crippen LogP contribution in [0.15, 0.2) is 52.8 Å². The van der Waals surface area contributed by atoms with Gasteiger partial charge in [-0.25, -0.2) is 26.4 Å². The third-order valence-corrected chi connectivity index (χ3v) is 5.01. The summed E-state index contributed by atoms with van der Waals surface area (Å²) < 4.78 is 62.7. The van der Waals surface area contributed by atoms with Gasteiger partial charge in [0.15, 0.2) is 0 Å². The van der Waals surface area contributed by atoms with Crippen LogP contribution in [-0.2, 0) is 20.0 Å². The first-order chi connectivity index (χ1) is 11.1. The smallest absolute Gasteiger partial charge is 0.255 e. The van der Waals surface area contributed by atoms with Crippen molar-refractivity contribution in [2.75, 3.05) is 4.72 Å². The van der Waals surface area contributed by atoms with Gasteiger partial charge in [0.05, 0.1) is 11.1 Å². The number of nitrogens with two attached hydrogens (primary N) is 1. The molecule has 0 saturated carbocycles. The van der Waals surface area contributed by atoms with Gasteiger partial charge in [-0.15, -0.1) is 0 Å². The van der Waals surface area contributed by atoms with E-state index in [1.54, 1.807) is 18.2 Å². The summed E-state index contributed by atoms with van der Waals surface area (Å²) in [6, 6.07) is 9.52. The Morgan fingerprint density at radius 3 is 2.38 bits per heavy atom. The van der Waals surface area contributed by atoms with Gasteiger partial charge in [0.2, 0.25) is 10.0 Å². The van der Waals surface area contributed by atoms with Crippen LogP contribution in [0.3, 0.4) is 0 Å². The lowest BCUT2D eigenvalue weighted by atomic mass is 10.2. The third-order valence-electron chi connectivity index (χ3n) is 2.79. The Morgan fingerprint density at radius 1 is 1.08 bits per heavy atom. The maximum Gasteiger partial charge on any atom is 0.255 e. The average molecular weight is 391 g/mol. The average Bonchev–Trinajstić information content (AvgIpc) is 2.43. The van der Waals surface area contributed by atoms with E-state index in [1.165, 1.54) is 12.1 Å². The van der Waals surface area contributed by atoms with Crippen molar-refractivity contribution < 1.29 is 21.2 Å². The summed E-state index contributed by atoms with van der Waals surface area (Å²) in [4.78, 5) is -0.926. The van der Waals surface area contributed by atoms with Crippen molar-refractivity contribution in [2.45, 2.75) is 4.90 Å². The van der Waals surface area contributed by atoms with Crippen molar-refractivity contribution in [1.29, 1.82) is 0 Å². The summed E-state index contributed by atoms with van der Waals surface area (Å²) in [5, 5.41) is 6.15. The fourth-order valence-corrected chi connectivity index (χ4v) is 3.75. The van der Waals surface area contributed by atoms with Crippen molar-refractivity contribution in [3.63, 3.8) is 0 Å².